The maximum Gasteiger partial charge on any atom is 0.407 e. The van der Waals surface area contributed by atoms with Gasteiger partial charge in [-0.05, 0) is 46.5 Å². The molecule has 0 spiro atoms. The minimum absolute atomic E-state index is 0.178. The summed E-state index contributed by atoms with van der Waals surface area (Å²) in [7, 11) is 0. The SMILES string of the molecule is CC1CCC(NC(=O)OC(C)(C)C)CN[C@H]1C. The van der Waals surface area contributed by atoms with E-state index in [0.717, 1.165) is 19.4 Å². The molecular weight excluding hydrogens is 216 g/mol. The Kier molecular flexibility index (Phi) is 4.80. The fraction of sp³-hybridized carbons (Fsp3) is 0.923. The highest BCUT2D eigenvalue weighted by Gasteiger charge is 2.24. The maximum atomic E-state index is 11.6. The molecule has 1 aliphatic heterocycles. The van der Waals surface area contributed by atoms with Gasteiger partial charge in [-0.25, -0.2) is 4.79 Å². The molecule has 1 aliphatic rings. The first-order valence-corrected chi connectivity index (χ1v) is 6.51. The van der Waals surface area contributed by atoms with Crippen LogP contribution in [-0.2, 0) is 4.74 Å². The molecule has 0 aromatic carbocycles. The van der Waals surface area contributed by atoms with E-state index in [4.69, 9.17) is 4.74 Å². The van der Waals surface area contributed by atoms with Gasteiger partial charge in [0.15, 0.2) is 0 Å². The van der Waals surface area contributed by atoms with E-state index in [1.54, 1.807) is 0 Å². The molecule has 0 aromatic heterocycles. The summed E-state index contributed by atoms with van der Waals surface area (Å²) < 4.78 is 5.26. The van der Waals surface area contributed by atoms with Gasteiger partial charge in [0.05, 0.1) is 0 Å². The topological polar surface area (TPSA) is 50.4 Å². The van der Waals surface area contributed by atoms with E-state index in [1.807, 2.05) is 20.8 Å². The molecule has 100 valence electrons. The Balaban J connectivity index is 2.39. The van der Waals surface area contributed by atoms with Gasteiger partial charge in [0.25, 0.3) is 0 Å². The van der Waals surface area contributed by atoms with Gasteiger partial charge >= 0.3 is 6.09 Å². The van der Waals surface area contributed by atoms with Crippen LogP contribution in [0.4, 0.5) is 4.79 Å². The zero-order valence-corrected chi connectivity index (χ0v) is 11.7. The van der Waals surface area contributed by atoms with E-state index in [1.165, 1.54) is 0 Å². The molecule has 0 bridgehead atoms. The summed E-state index contributed by atoms with van der Waals surface area (Å²) in [6.07, 6.45) is 1.83. The smallest absolute Gasteiger partial charge is 0.407 e. The number of nitrogens with one attached hydrogen (secondary N) is 2. The van der Waals surface area contributed by atoms with Gasteiger partial charge in [-0.2, -0.15) is 0 Å². The lowest BCUT2D eigenvalue weighted by molar-refractivity contribution is 0.0502. The molecule has 2 N–H and O–H groups in total. The predicted molar refractivity (Wildman–Crippen MR) is 69.0 cm³/mol. The molecule has 1 amide bonds. The number of amides is 1. The lowest BCUT2D eigenvalue weighted by Crippen LogP contribution is -2.44. The number of hydrogen-bond acceptors (Lipinski definition) is 3. The number of carbonyl (C=O) groups excluding carboxylic acids is 1. The molecule has 0 aliphatic carbocycles. The molecule has 1 heterocycles. The zero-order valence-electron chi connectivity index (χ0n) is 11.7. The first-order valence-electron chi connectivity index (χ1n) is 6.51. The van der Waals surface area contributed by atoms with Crippen molar-refractivity contribution in [2.24, 2.45) is 5.92 Å². The number of carbonyl (C=O) groups is 1. The minimum Gasteiger partial charge on any atom is -0.444 e. The molecule has 1 rings (SSSR count). The van der Waals surface area contributed by atoms with Crippen LogP contribution in [0.1, 0.15) is 47.5 Å². The van der Waals surface area contributed by atoms with Gasteiger partial charge in [-0.3, -0.25) is 0 Å². The fourth-order valence-electron chi connectivity index (χ4n) is 1.94. The third-order valence-electron chi connectivity index (χ3n) is 3.23. The van der Waals surface area contributed by atoms with Crippen LogP contribution in [-0.4, -0.2) is 30.3 Å². The largest absolute Gasteiger partial charge is 0.444 e. The van der Waals surface area contributed by atoms with Crippen LogP contribution in [0.25, 0.3) is 0 Å². The van der Waals surface area contributed by atoms with Crippen LogP contribution >= 0.6 is 0 Å². The van der Waals surface area contributed by atoms with Gasteiger partial charge in [0.2, 0.25) is 0 Å². The Morgan fingerprint density at radius 3 is 2.53 bits per heavy atom. The molecule has 4 heteroatoms. The predicted octanol–water partition coefficient (Wildman–Crippen LogP) is 2.29. The molecule has 17 heavy (non-hydrogen) atoms. The van der Waals surface area contributed by atoms with Crippen LogP contribution in [0.15, 0.2) is 0 Å². The molecule has 0 radical (unpaired) electrons. The maximum absolute atomic E-state index is 11.6. The second-order valence-corrected chi connectivity index (χ2v) is 6.09. The minimum atomic E-state index is -0.428. The van der Waals surface area contributed by atoms with E-state index in [9.17, 15) is 4.79 Å². The highest BCUT2D eigenvalue weighted by molar-refractivity contribution is 5.68. The first-order chi connectivity index (χ1) is 7.78. The highest BCUT2D eigenvalue weighted by Crippen LogP contribution is 2.16. The Morgan fingerprint density at radius 1 is 1.29 bits per heavy atom. The van der Waals surface area contributed by atoms with Crippen LogP contribution < -0.4 is 10.6 Å². The average Bonchev–Trinajstić information content (AvgIpc) is 2.30. The van der Waals surface area contributed by atoms with Crippen molar-refractivity contribution in [1.29, 1.82) is 0 Å². The molecule has 4 nitrogen and oxygen atoms in total. The third-order valence-corrected chi connectivity index (χ3v) is 3.23. The molecule has 2 unspecified atom stereocenters. The summed E-state index contributed by atoms with van der Waals surface area (Å²) in [5, 5.41) is 6.38. The van der Waals surface area contributed by atoms with Crippen molar-refractivity contribution in [3.63, 3.8) is 0 Å². The standard InChI is InChI=1S/C13H26N2O2/c1-9-6-7-11(8-14-10(9)2)15-12(16)17-13(3,4)5/h9-11,14H,6-8H2,1-5H3,(H,15,16)/t9?,10-,11?/m0/s1. The summed E-state index contributed by atoms with van der Waals surface area (Å²) >= 11 is 0. The Labute approximate surface area is 104 Å². The Bertz CT molecular complexity index is 249. The van der Waals surface area contributed by atoms with E-state index in [-0.39, 0.29) is 12.1 Å². The van der Waals surface area contributed by atoms with Gasteiger partial charge in [0, 0.05) is 18.6 Å². The summed E-state index contributed by atoms with van der Waals surface area (Å²) in [5.74, 6) is 0.653. The van der Waals surface area contributed by atoms with E-state index in [0.29, 0.717) is 12.0 Å². The fourth-order valence-corrected chi connectivity index (χ4v) is 1.94. The van der Waals surface area contributed by atoms with E-state index >= 15 is 0 Å². The number of rotatable bonds is 1. The van der Waals surface area contributed by atoms with Crippen molar-refractivity contribution in [2.75, 3.05) is 6.54 Å². The van der Waals surface area contributed by atoms with Crippen LogP contribution in [0.2, 0.25) is 0 Å². The molecule has 0 aromatic rings. The zero-order chi connectivity index (χ0) is 13.1. The number of alkyl carbamates (subject to hydrolysis) is 1. The second kappa shape index (κ2) is 5.71. The van der Waals surface area contributed by atoms with Crippen LogP contribution in [0.3, 0.4) is 0 Å². The molecule has 3 atom stereocenters. The quantitative estimate of drug-likeness (QED) is 0.741. The monoisotopic (exact) mass is 242 g/mol. The van der Waals surface area contributed by atoms with Crippen molar-refractivity contribution >= 4 is 6.09 Å². The second-order valence-electron chi connectivity index (χ2n) is 6.09. The highest BCUT2D eigenvalue weighted by atomic mass is 16.6. The summed E-state index contributed by atoms with van der Waals surface area (Å²) in [6.45, 7) is 10.9. The molecule has 1 fully saturated rings. The van der Waals surface area contributed by atoms with Gasteiger partial charge in [0.1, 0.15) is 5.60 Å². The normalized spacial score (nSPS) is 30.5. The summed E-state index contributed by atoms with van der Waals surface area (Å²) in [4.78, 5) is 11.6. The first kappa shape index (κ1) is 14.3. The van der Waals surface area contributed by atoms with Crippen LogP contribution in [0, 0.1) is 5.92 Å². The van der Waals surface area contributed by atoms with E-state index < -0.39 is 5.60 Å². The Hall–Kier alpha value is -0.770. The molecule has 1 saturated heterocycles. The Morgan fingerprint density at radius 2 is 1.94 bits per heavy atom. The molecular formula is C13H26N2O2. The average molecular weight is 242 g/mol. The van der Waals surface area contributed by atoms with Gasteiger partial charge < -0.3 is 15.4 Å². The van der Waals surface area contributed by atoms with Crippen LogP contribution in [0.5, 0.6) is 0 Å². The van der Waals surface area contributed by atoms with Crippen molar-refractivity contribution in [2.45, 2.75) is 65.1 Å². The lowest BCUT2D eigenvalue weighted by atomic mass is 9.98. The van der Waals surface area contributed by atoms with Crippen molar-refractivity contribution < 1.29 is 9.53 Å². The number of ether oxygens (including phenoxy) is 1. The summed E-state index contributed by atoms with van der Waals surface area (Å²) in [6, 6.07) is 0.692. The third kappa shape index (κ3) is 5.39. The van der Waals surface area contributed by atoms with Gasteiger partial charge in [-0.1, -0.05) is 6.92 Å². The summed E-state index contributed by atoms with van der Waals surface area (Å²) in [5.41, 5.74) is -0.428. The van der Waals surface area contributed by atoms with E-state index in [2.05, 4.69) is 24.5 Å². The van der Waals surface area contributed by atoms with Gasteiger partial charge in [-0.15, -0.1) is 0 Å². The van der Waals surface area contributed by atoms with Crippen molar-refractivity contribution in [3.8, 4) is 0 Å². The number of hydrogen-bond donors (Lipinski definition) is 2. The lowest BCUT2D eigenvalue weighted by Gasteiger charge is -2.23. The molecule has 0 saturated carbocycles. The van der Waals surface area contributed by atoms with Crippen molar-refractivity contribution in [3.05, 3.63) is 0 Å². The van der Waals surface area contributed by atoms with Crippen molar-refractivity contribution in [1.82, 2.24) is 10.6 Å².